The molecule has 3 aliphatic rings. The highest BCUT2D eigenvalue weighted by Gasteiger charge is 2.53. The Morgan fingerprint density at radius 1 is 0.427 bits per heavy atom. The van der Waals surface area contributed by atoms with Gasteiger partial charge in [0, 0.05) is 6.42 Å². The van der Waals surface area contributed by atoms with Crippen molar-refractivity contribution in [3.63, 3.8) is 0 Å². The number of ether oxygens (including phenoxy) is 6. The van der Waals surface area contributed by atoms with E-state index in [1.54, 1.807) is 6.08 Å². The Morgan fingerprint density at radius 3 is 1.22 bits per heavy atom. The number of aliphatic hydroxyl groups excluding tert-OH is 11. The lowest BCUT2D eigenvalue weighted by Crippen LogP contribution is -2.66. The van der Waals surface area contributed by atoms with Crippen molar-refractivity contribution in [2.75, 3.05) is 26.4 Å². The lowest BCUT2D eigenvalue weighted by molar-refractivity contribution is -0.379. The smallest absolute Gasteiger partial charge is 0.220 e. The summed E-state index contributed by atoms with van der Waals surface area (Å²) in [4.78, 5) is 13.3. The van der Waals surface area contributed by atoms with Crippen LogP contribution in [-0.4, -0.2) is 193 Å². The Balaban J connectivity index is 1.50. The molecule has 0 saturated carbocycles. The van der Waals surface area contributed by atoms with Crippen LogP contribution in [0.4, 0.5) is 0 Å². The molecule has 3 aliphatic heterocycles. The van der Waals surface area contributed by atoms with Gasteiger partial charge in [0.1, 0.15) is 73.2 Å². The van der Waals surface area contributed by atoms with E-state index >= 15 is 0 Å². The second-order valence-electron chi connectivity index (χ2n) is 23.2. The van der Waals surface area contributed by atoms with Crippen molar-refractivity contribution in [2.24, 2.45) is 0 Å². The largest absolute Gasteiger partial charge is 0.394 e. The quantitative estimate of drug-likeness (QED) is 0.0218. The van der Waals surface area contributed by atoms with Gasteiger partial charge in [0.05, 0.1) is 38.6 Å². The zero-order valence-corrected chi connectivity index (χ0v) is 50.2. The van der Waals surface area contributed by atoms with Crippen LogP contribution in [0.3, 0.4) is 0 Å². The second kappa shape index (κ2) is 46.2. The molecule has 3 rings (SSSR count). The molecular formula is C63H115NO18. The number of amides is 1. The maximum atomic E-state index is 13.3. The molecular weight excluding hydrogens is 1060 g/mol. The van der Waals surface area contributed by atoms with Gasteiger partial charge in [-0.05, 0) is 57.8 Å². The predicted molar refractivity (Wildman–Crippen MR) is 314 cm³/mol. The Bertz CT molecular complexity index is 1640. The SMILES string of the molecule is CCCCCCCC/C=C\CCCCCCCCCC(=O)NC(COC1OC(CO)C(OC2OC(CO)C(OC3OC(CO)C(O)C(O)C3O)C(O)C2O)C(O)C1O)C(O)/C=C/CC/C=C/CCCCCCCCCCCCCCCC. The molecule has 0 radical (unpaired) electrons. The summed E-state index contributed by atoms with van der Waals surface area (Å²) >= 11 is 0. The minimum absolute atomic E-state index is 0.231. The number of hydrogen-bond acceptors (Lipinski definition) is 18. The molecule has 17 atom stereocenters. The highest BCUT2D eigenvalue weighted by molar-refractivity contribution is 5.76. The van der Waals surface area contributed by atoms with Gasteiger partial charge in [-0.25, -0.2) is 0 Å². The highest BCUT2D eigenvalue weighted by atomic mass is 16.8. The van der Waals surface area contributed by atoms with E-state index < -0.39 is 124 Å². The zero-order valence-electron chi connectivity index (χ0n) is 50.2. The molecule has 1 amide bonds. The summed E-state index contributed by atoms with van der Waals surface area (Å²) < 4.78 is 34.3. The molecule has 3 heterocycles. The van der Waals surface area contributed by atoms with E-state index in [0.717, 1.165) is 51.4 Å². The molecule has 0 spiro atoms. The fourth-order valence-corrected chi connectivity index (χ4v) is 10.8. The standard InChI is InChI=1S/C63H115NO18/c1-3-5-7-9-11-13-15-17-19-21-22-23-25-26-28-30-32-34-36-38-40-47(68)46(64-51(69)41-39-37-35-33-31-29-27-24-20-18-16-14-12-10-8-6-4-2)45-77-61-57(75)54(72)59(49(43-66)79-61)82-63-58(76)55(73)60(50(44-67)80-63)81-62-56(74)53(71)52(70)48(42-65)78-62/h18,20,30,32,38,40,46-50,52-63,65-68,70-76H,3-17,19,21-29,31,33-37,39,41-45H2,1-2H3,(H,64,69)/b20-18-,32-30+,40-38+. The first-order valence-corrected chi connectivity index (χ1v) is 32.2. The number of nitrogens with one attached hydrogen (secondary N) is 1. The van der Waals surface area contributed by atoms with Gasteiger partial charge in [-0.3, -0.25) is 4.79 Å². The molecule has 82 heavy (non-hydrogen) atoms. The van der Waals surface area contributed by atoms with Gasteiger partial charge in [0.25, 0.3) is 0 Å². The average Bonchev–Trinajstić information content (AvgIpc) is 3.39. The second-order valence-corrected chi connectivity index (χ2v) is 23.2. The maximum Gasteiger partial charge on any atom is 0.220 e. The normalized spacial score (nSPS) is 29.8. The first-order chi connectivity index (χ1) is 39.8. The molecule has 0 aromatic rings. The van der Waals surface area contributed by atoms with Crippen LogP contribution >= 0.6 is 0 Å². The number of aliphatic hydroxyl groups is 11. The summed E-state index contributed by atoms with van der Waals surface area (Å²) in [5, 5.41) is 120. The van der Waals surface area contributed by atoms with Crippen LogP contribution < -0.4 is 5.32 Å². The first-order valence-electron chi connectivity index (χ1n) is 32.2. The topological polar surface area (TPSA) is 307 Å². The lowest BCUT2D eigenvalue weighted by Gasteiger charge is -2.48. The van der Waals surface area contributed by atoms with E-state index in [1.807, 2.05) is 6.08 Å². The van der Waals surface area contributed by atoms with Crippen molar-refractivity contribution >= 4 is 5.91 Å². The third-order valence-electron chi connectivity index (χ3n) is 16.2. The third-order valence-corrected chi connectivity index (χ3v) is 16.2. The molecule has 12 N–H and O–H groups in total. The van der Waals surface area contributed by atoms with E-state index in [4.69, 9.17) is 28.4 Å². The molecule has 19 nitrogen and oxygen atoms in total. The van der Waals surface area contributed by atoms with E-state index in [9.17, 15) is 61.0 Å². The molecule has 17 unspecified atom stereocenters. The van der Waals surface area contributed by atoms with Crippen LogP contribution in [0.25, 0.3) is 0 Å². The minimum atomic E-state index is -1.98. The van der Waals surface area contributed by atoms with Crippen molar-refractivity contribution < 1.29 is 89.4 Å². The fraction of sp³-hybridized carbons (Fsp3) is 0.889. The van der Waals surface area contributed by atoms with Gasteiger partial charge >= 0.3 is 0 Å². The van der Waals surface area contributed by atoms with Crippen LogP contribution in [0, 0.1) is 0 Å². The average molecular weight is 1170 g/mol. The van der Waals surface area contributed by atoms with Gasteiger partial charge < -0.3 is 89.9 Å². The van der Waals surface area contributed by atoms with E-state index in [2.05, 4.69) is 43.5 Å². The van der Waals surface area contributed by atoms with Crippen molar-refractivity contribution in [2.45, 2.75) is 330 Å². The van der Waals surface area contributed by atoms with E-state index in [1.165, 1.54) is 141 Å². The first kappa shape index (κ1) is 74.3. The van der Waals surface area contributed by atoms with Crippen LogP contribution in [0.5, 0.6) is 0 Å². The molecule has 3 saturated heterocycles. The number of unbranched alkanes of at least 4 members (excludes halogenated alkanes) is 28. The van der Waals surface area contributed by atoms with E-state index in [-0.39, 0.29) is 18.9 Å². The van der Waals surface area contributed by atoms with Gasteiger partial charge in [0.2, 0.25) is 5.91 Å². The summed E-state index contributed by atoms with van der Waals surface area (Å²) in [6.45, 7) is 1.71. The predicted octanol–water partition coefficient (Wildman–Crippen LogP) is 6.88. The molecule has 0 aromatic heterocycles. The Morgan fingerprint density at radius 2 is 0.780 bits per heavy atom. The fourth-order valence-electron chi connectivity index (χ4n) is 10.8. The number of carbonyl (C=O) groups is 1. The van der Waals surface area contributed by atoms with Crippen LogP contribution in [0.15, 0.2) is 36.5 Å². The van der Waals surface area contributed by atoms with Gasteiger partial charge in [-0.2, -0.15) is 0 Å². The Labute approximate surface area is 491 Å². The van der Waals surface area contributed by atoms with Gasteiger partial charge in [0.15, 0.2) is 18.9 Å². The van der Waals surface area contributed by atoms with Crippen molar-refractivity contribution in [1.82, 2.24) is 5.32 Å². The Kier molecular flexibility index (Phi) is 41.8. The third kappa shape index (κ3) is 29.1. The summed E-state index contributed by atoms with van der Waals surface area (Å²) in [5.74, 6) is -0.290. The number of hydrogen-bond donors (Lipinski definition) is 12. The molecule has 0 bridgehead atoms. The summed E-state index contributed by atoms with van der Waals surface area (Å²) in [6.07, 6.45) is 24.1. The highest BCUT2D eigenvalue weighted by Crippen LogP contribution is 2.33. The van der Waals surface area contributed by atoms with Crippen LogP contribution in [0.2, 0.25) is 0 Å². The van der Waals surface area contributed by atoms with Gasteiger partial charge in [-0.15, -0.1) is 0 Å². The monoisotopic (exact) mass is 1170 g/mol. The Hall–Kier alpha value is -1.99. The van der Waals surface area contributed by atoms with Crippen LogP contribution in [0.1, 0.15) is 226 Å². The molecule has 19 heteroatoms. The van der Waals surface area contributed by atoms with Crippen molar-refractivity contribution in [3.8, 4) is 0 Å². The molecule has 3 fully saturated rings. The maximum absolute atomic E-state index is 13.3. The molecule has 0 aliphatic carbocycles. The summed E-state index contributed by atoms with van der Waals surface area (Å²) in [6, 6.07) is -0.991. The number of rotatable bonds is 48. The lowest BCUT2D eigenvalue weighted by atomic mass is 9.96. The zero-order chi connectivity index (χ0) is 59.7. The number of allylic oxidation sites excluding steroid dienone is 5. The number of carbonyl (C=O) groups excluding carboxylic acids is 1. The van der Waals surface area contributed by atoms with Crippen molar-refractivity contribution in [1.29, 1.82) is 0 Å². The minimum Gasteiger partial charge on any atom is -0.394 e. The molecule has 0 aromatic carbocycles. The van der Waals surface area contributed by atoms with Gasteiger partial charge in [-0.1, -0.05) is 198 Å². The molecule has 480 valence electrons. The summed E-state index contributed by atoms with van der Waals surface area (Å²) in [5.41, 5.74) is 0. The summed E-state index contributed by atoms with van der Waals surface area (Å²) in [7, 11) is 0. The van der Waals surface area contributed by atoms with Crippen LogP contribution in [-0.2, 0) is 33.2 Å². The van der Waals surface area contributed by atoms with Crippen molar-refractivity contribution in [3.05, 3.63) is 36.5 Å². The van der Waals surface area contributed by atoms with E-state index in [0.29, 0.717) is 12.8 Å².